The first-order chi connectivity index (χ1) is 13.0. The molecule has 2 aromatic rings. The molecular weight excluding hydrogens is 351 g/mol. The van der Waals surface area contributed by atoms with Crippen molar-refractivity contribution in [3.8, 4) is 11.5 Å². The largest absolute Gasteiger partial charge is 0.454 e. The molecule has 4 rings (SSSR count). The van der Waals surface area contributed by atoms with E-state index in [4.69, 9.17) is 9.47 Å². The average molecular weight is 370 g/mol. The van der Waals surface area contributed by atoms with Crippen LogP contribution < -0.4 is 19.7 Å². The Morgan fingerprint density at radius 2 is 2.04 bits per heavy atom. The molecule has 1 N–H and O–H groups in total. The van der Waals surface area contributed by atoms with E-state index < -0.39 is 5.92 Å². The number of halogens is 1. The number of ether oxygens (including phenoxy) is 2. The van der Waals surface area contributed by atoms with Crippen molar-refractivity contribution in [2.45, 2.75) is 19.9 Å². The zero-order chi connectivity index (χ0) is 19.0. The zero-order valence-electron chi connectivity index (χ0n) is 14.8. The highest BCUT2D eigenvalue weighted by atomic mass is 19.1. The third-order valence-corrected chi connectivity index (χ3v) is 4.87. The van der Waals surface area contributed by atoms with Gasteiger partial charge in [0.05, 0.1) is 5.92 Å². The first kappa shape index (κ1) is 17.3. The number of benzene rings is 2. The summed E-state index contributed by atoms with van der Waals surface area (Å²) in [5, 5.41) is 2.86. The third kappa shape index (κ3) is 3.45. The summed E-state index contributed by atoms with van der Waals surface area (Å²) in [5.41, 5.74) is 1.88. The third-order valence-electron chi connectivity index (χ3n) is 4.87. The predicted molar refractivity (Wildman–Crippen MR) is 96.0 cm³/mol. The molecule has 27 heavy (non-hydrogen) atoms. The molecule has 7 heteroatoms. The Morgan fingerprint density at radius 1 is 1.22 bits per heavy atom. The van der Waals surface area contributed by atoms with Gasteiger partial charge in [0.25, 0.3) is 0 Å². The van der Waals surface area contributed by atoms with Crippen molar-refractivity contribution < 1.29 is 23.5 Å². The lowest BCUT2D eigenvalue weighted by molar-refractivity contribution is -0.126. The Labute approximate surface area is 155 Å². The van der Waals surface area contributed by atoms with Gasteiger partial charge in [-0.05, 0) is 42.3 Å². The molecule has 2 aliphatic rings. The van der Waals surface area contributed by atoms with Crippen LogP contribution >= 0.6 is 0 Å². The van der Waals surface area contributed by atoms with Crippen molar-refractivity contribution in [1.29, 1.82) is 0 Å². The summed E-state index contributed by atoms with van der Waals surface area (Å²) in [5.74, 6) is 0.141. The lowest BCUT2D eigenvalue weighted by atomic mass is 10.1. The van der Waals surface area contributed by atoms with Gasteiger partial charge < -0.3 is 19.7 Å². The van der Waals surface area contributed by atoms with E-state index in [1.807, 2.05) is 12.1 Å². The van der Waals surface area contributed by atoms with Crippen LogP contribution in [0.5, 0.6) is 11.5 Å². The van der Waals surface area contributed by atoms with Crippen LogP contribution in [0.3, 0.4) is 0 Å². The zero-order valence-corrected chi connectivity index (χ0v) is 14.8. The van der Waals surface area contributed by atoms with Gasteiger partial charge in [0.2, 0.25) is 18.6 Å². The minimum Gasteiger partial charge on any atom is -0.454 e. The number of fused-ring (bicyclic) bond motifs is 1. The molecule has 2 aromatic carbocycles. The maximum absolute atomic E-state index is 13.8. The number of carbonyl (C=O) groups excluding carboxylic acids is 2. The van der Waals surface area contributed by atoms with E-state index in [9.17, 15) is 14.0 Å². The predicted octanol–water partition coefficient (Wildman–Crippen LogP) is 2.53. The Balaban J connectivity index is 1.38. The van der Waals surface area contributed by atoms with Crippen molar-refractivity contribution in [2.75, 3.05) is 18.2 Å². The highest BCUT2D eigenvalue weighted by Gasteiger charge is 2.35. The number of nitrogens with zero attached hydrogens (tertiary/aromatic N) is 1. The Kier molecular flexibility index (Phi) is 4.43. The molecule has 0 bridgehead atoms. The summed E-state index contributed by atoms with van der Waals surface area (Å²) in [6, 6.07) is 10.1. The van der Waals surface area contributed by atoms with Crippen molar-refractivity contribution >= 4 is 17.5 Å². The number of nitrogens with one attached hydrogen (secondary N) is 1. The molecule has 2 amide bonds. The number of hydrogen-bond acceptors (Lipinski definition) is 4. The number of amides is 2. The Morgan fingerprint density at radius 3 is 2.85 bits per heavy atom. The molecule has 0 radical (unpaired) electrons. The van der Waals surface area contributed by atoms with Gasteiger partial charge in [0, 0.05) is 25.2 Å². The number of hydrogen-bond donors (Lipinski definition) is 1. The Bertz CT molecular complexity index is 915. The van der Waals surface area contributed by atoms with Crippen molar-refractivity contribution in [1.82, 2.24) is 5.32 Å². The molecule has 140 valence electrons. The number of aryl methyl sites for hydroxylation is 1. The van der Waals surface area contributed by atoms with Gasteiger partial charge >= 0.3 is 0 Å². The molecule has 0 saturated carbocycles. The van der Waals surface area contributed by atoms with Gasteiger partial charge in [-0.25, -0.2) is 4.39 Å². The fraction of sp³-hybridized carbons (Fsp3) is 0.300. The average Bonchev–Trinajstić information content (AvgIpc) is 3.28. The molecular formula is C20H19FN2O4. The van der Waals surface area contributed by atoms with Crippen molar-refractivity contribution in [3.05, 3.63) is 53.3 Å². The van der Waals surface area contributed by atoms with Crippen LogP contribution in [0.2, 0.25) is 0 Å². The first-order valence-electron chi connectivity index (χ1n) is 8.74. The molecule has 1 saturated heterocycles. The summed E-state index contributed by atoms with van der Waals surface area (Å²) in [6.07, 6.45) is 0.114. The highest BCUT2D eigenvalue weighted by Crippen LogP contribution is 2.32. The smallest absolute Gasteiger partial charge is 0.231 e. The Hall–Kier alpha value is -3.09. The van der Waals surface area contributed by atoms with E-state index in [1.165, 1.54) is 11.0 Å². The standard InChI is InChI=1S/C20H19FN2O4/c1-12-2-4-15(8-16(12)21)23-10-14(7-19(23)24)20(25)22-9-13-3-5-17-18(6-13)27-11-26-17/h2-6,8,14H,7,9-11H2,1H3,(H,22,25). The molecule has 1 fully saturated rings. The highest BCUT2D eigenvalue weighted by molar-refractivity contribution is 6.00. The van der Waals surface area contributed by atoms with Crippen molar-refractivity contribution in [3.63, 3.8) is 0 Å². The fourth-order valence-electron chi connectivity index (χ4n) is 3.27. The van der Waals surface area contributed by atoms with Crippen LogP contribution in [0.1, 0.15) is 17.5 Å². The van der Waals surface area contributed by atoms with Crippen LogP contribution in [0, 0.1) is 18.7 Å². The molecule has 6 nitrogen and oxygen atoms in total. The molecule has 2 heterocycles. The van der Waals surface area contributed by atoms with Crippen LogP contribution in [0.15, 0.2) is 36.4 Å². The minimum atomic E-state index is -0.462. The number of carbonyl (C=O) groups is 2. The van der Waals surface area contributed by atoms with Gasteiger partial charge in [0.1, 0.15) is 5.82 Å². The molecule has 0 spiro atoms. The van der Waals surface area contributed by atoms with E-state index in [0.717, 1.165) is 5.56 Å². The SMILES string of the molecule is Cc1ccc(N2CC(C(=O)NCc3ccc4c(c3)OCO4)CC2=O)cc1F. The van der Waals surface area contributed by atoms with Crippen LogP contribution in [-0.2, 0) is 16.1 Å². The molecule has 1 atom stereocenters. The van der Waals surface area contributed by atoms with E-state index in [2.05, 4.69) is 5.32 Å². The maximum atomic E-state index is 13.8. The first-order valence-corrected chi connectivity index (χ1v) is 8.74. The summed E-state index contributed by atoms with van der Waals surface area (Å²) in [4.78, 5) is 26.2. The lowest BCUT2D eigenvalue weighted by Crippen LogP contribution is -2.32. The molecule has 0 aliphatic carbocycles. The van der Waals surface area contributed by atoms with Gasteiger partial charge in [-0.15, -0.1) is 0 Å². The topological polar surface area (TPSA) is 67.9 Å². The molecule has 0 aromatic heterocycles. The van der Waals surface area contributed by atoms with E-state index in [0.29, 0.717) is 29.3 Å². The number of anilines is 1. The fourth-order valence-corrected chi connectivity index (χ4v) is 3.27. The van der Waals surface area contributed by atoms with E-state index >= 15 is 0 Å². The van der Waals surface area contributed by atoms with E-state index in [-0.39, 0.29) is 37.4 Å². The summed E-state index contributed by atoms with van der Waals surface area (Å²) >= 11 is 0. The van der Waals surface area contributed by atoms with Gasteiger partial charge in [-0.3, -0.25) is 9.59 Å². The normalized spacial score (nSPS) is 18.1. The monoisotopic (exact) mass is 370 g/mol. The summed E-state index contributed by atoms with van der Waals surface area (Å²) in [7, 11) is 0. The quantitative estimate of drug-likeness (QED) is 0.898. The van der Waals surface area contributed by atoms with E-state index in [1.54, 1.807) is 25.1 Å². The summed E-state index contributed by atoms with van der Waals surface area (Å²) in [6.45, 7) is 2.44. The van der Waals surface area contributed by atoms with Gasteiger partial charge in [-0.1, -0.05) is 12.1 Å². The van der Waals surface area contributed by atoms with Crippen LogP contribution in [0.25, 0.3) is 0 Å². The second-order valence-electron chi connectivity index (χ2n) is 6.74. The van der Waals surface area contributed by atoms with Gasteiger partial charge in [0.15, 0.2) is 11.5 Å². The second kappa shape index (κ2) is 6.90. The maximum Gasteiger partial charge on any atom is 0.231 e. The molecule has 2 aliphatic heterocycles. The van der Waals surface area contributed by atoms with Crippen LogP contribution in [0.4, 0.5) is 10.1 Å². The summed E-state index contributed by atoms with van der Waals surface area (Å²) < 4.78 is 24.4. The second-order valence-corrected chi connectivity index (χ2v) is 6.74. The van der Waals surface area contributed by atoms with Gasteiger partial charge in [-0.2, -0.15) is 0 Å². The minimum absolute atomic E-state index is 0.114. The number of rotatable bonds is 4. The lowest BCUT2D eigenvalue weighted by Gasteiger charge is -2.17. The molecule has 1 unspecified atom stereocenters. The van der Waals surface area contributed by atoms with Crippen molar-refractivity contribution in [2.24, 2.45) is 5.92 Å². The van der Waals surface area contributed by atoms with Crippen LogP contribution in [-0.4, -0.2) is 25.2 Å².